The molecule has 1 aliphatic rings. The van der Waals surface area contributed by atoms with Crippen LogP contribution >= 0.6 is 15.9 Å². The van der Waals surface area contributed by atoms with E-state index < -0.39 is 6.36 Å². The molecular weight excluding hydrogens is 427 g/mol. The molecule has 1 aliphatic carbocycles. The average molecular weight is 446 g/mol. The molecule has 9 heteroatoms. The zero-order chi connectivity index (χ0) is 19.6. The van der Waals surface area contributed by atoms with Crippen LogP contribution in [0.2, 0.25) is 0 Å². The number of ether oxygens (including phenoxy) is 1. The Labute approximate surface area is 163 Å². The van der Waals surface area contributed by atoms with Gasteiger partial charge in [0.15, 0.2) is 0 Å². The zero-order valence-electron chi connectivity index (χ0n) is 14.6. The number of aryl methyl sites for hydroxylation is 1. The van der Waals surface area contributed by atoms with Crippen LogP contribution in [0.4, 0.5) is 13.2 Å². The van der Waals surface area contributed by atoms with E-state index in [1.807, 2.05) is 13.2 Å². The topological polar surface area (TPSA) is 56.2 Å². The molecule has 1 N–H and O–H groups in total. The first-order valence-electron chi connectivity index (χ1n) is 8.57. The molecule has 3 rings (SSSR count). The van der Waals surface area contributed by atoms with Crippen molar-refractivity contribution in [3.63, 3.8) is 0 Å². The largest absolute Gasteiger partial charge is 0.573 e. The zero-order valence-corrected chi connectivity index (χ0v) is 16.2. The summed E-state index contributed by atoms with van der Waals surface area (Å²) in [5.41, 5.74) is 1.29. The maximum atomic E-state index is 12.4. The first-order chi connectivity index (χ1) is 12.7. The summed E-state index contributed by atoms with van der Waals surface area (Å²) >= 11 is 3.52. The molecule has 2 atom stereocenters. The second kappa shape index (κ2) is 7.92. The quantitative estimate of drug-likeness (QED) is 0.751. The van der Waals surface area contributed by atoms with Gasteiger partial charge in [-0.2, -0.15) is 5.10 Å². The Bertz CT molecular complexity index is 805. The van der Waals surface area contributed by atoms with Gasteiger partial charge in [0, 0.05) is 30.8 Å². The fraction of sp³-hybridized carbons (Fsp3) is 0.444. The fourth-order valence-corrected chi connectivity index (χ4v) is 4.10. The predicted octanol–water partition coefficient (Wildman–Crippen LogP) is 4.54. The van der Waals surface area contributed by atoms with Crippen LogP contribution in [0.5, 0.6) is 5.75 Å². The molecule has 0 bridgehead atoms. The third kappa shape index (κ3) is 5.24. The number of aromatic nitrogens is 2. The van der Waals surface area contributed by atoms with Crippen molar-refractivity contribution in [2.24, 2.45) is 7.05 Å². The second-order valence-electron chi connectivity index (χ2n) is 6.64. The fourth-order valence-electron chi connectivity index (χ4n) is 3.40. The number of alkyl halides is 3. The minimum Gasteiger partial charge on any atom is -0.406 e. The molecular formula is C18H19BrF3N3O2. The molecule has 1 saturated carbocycles. The van der Waals surface area contributed by atoms with Gasteiger partial charge in [-0.15, -0.1) is 13.2 Å². The lowest BCUT2D eigenvalue weighted by Gasteiger charge is -2.29. The number of rotatable bonds is 4. The highest BCUT2D eigenvalue weighted by Crippen LogP contribution is 2.35. The number of halogens is 4. The van der Waals surface area contributed by atoms with Crippen LogP contribution in [-0.4, -0.2) is 28.1 Å². The Kier molecular flexibility index (Phi) is 5.78. The van der Waals surface area contributed by atoms with E-state index in [1.54, 1.807) is 4.68 Å². The first kappa shape index (κ1) is 19.7. The number of carbonyl (C=O) groups is 1. The minimum absolute atomic E-state index is 0.00347. The van der Waals surface area contributed by atoms with E-state index in [1.165, 1.54) is 12.1 Å². The van der Waals surface area contributed by atoms with E-state index in [0.717, 1.165) is 48.0 Å². The lowest BCUT2D eigenvalue weighted by molar-refractivity contribution is -0.274. The third-order valence-electron chi connectivity index (χ3n) is 4.56. The summed E-state index contributed by atoms with van der Waals surface area (Å²) in [6, 6.07) is 4.92. The Morgan fingerprint density at radius 2 is 2.00 bits per heavy atom. The van der Waals surface area contributed by atoms with Crippen molar-refractivity contribution in [3.05, 3.63) is 46.2 Å². The SMILES string of the molecule is Cn1cc(Br)c(C2CCCC(NC(=O)c3ccc(OC(F)(F)F)cc3)C2)n1. The smallest absolute Gasteiger partial charge is 0.406 e. The van der Waals surface area contributed by atoms with Crippen LogP contribution in [0.15, 0.2) is 34.9 Å². The van der Waals surface area contributed by atoms with Crippen LogP contribution < -0.4 is 10.1 Å². The summed E-state index contributed by atoms with van der Waals surface area (Å²) in [6.45, 7) is 0. The van der Waals surface area contributed by atoms with Crippen molar-refractivity contribution in [3.8, 4) is 5.75 Å². The van der Waals surface area contributed by atoms with Gasteiger partial charge in [0.25, 0.3) is 5.91 Å². The highest BCUT2D eigenvalue weighted by molar-refractivity contribution is 9.10. The highest BCUT2D eigenvalue weighted by Gasteiger charge is 2.31. The molecule has 1 fully saturated rings. The molecule has 0 saturated heterocycles. The molecule has 0 spiro atoms. The van der Waals surface area contributed by atoms with Crippen LogP contribution in [0.3, 0.4) is 0 Å². The lowest BCUT2D eigenvalue weighted by Crippen LogP contribution is -2.38. The second-order valence-corrected chi connectivity index (χ2v) is 7.50. The van der Waals surface area contributed by atoms with Gasteiger partial charge in [-0.25, -0.2) is 0 Å². The van der Waals surface area contributed by atoms with E-state index >= 15 is 0 Å². The van der Waals surface area contributed by atoms with Gasteiger partial charge in [0.05, 0.1) is 10.2 Å². The summed E-state index contributed by atoms with van der Waals surface area (Å²) < 4.78 is 43.1. The minimum atomic E-state index is -4.75. The van der Waals surface area contributed by atoms with E-state index in [9.17, 15) is 18.0 Å². The molecule has 1 heterocycles. The number of hydrogen-bond acceptors (Lipinski definition) is 3. The molecule has 0 radical (unpaired) electrons. The Morgan fingerprint density at radius 1 is 1.30 bits per heavy atom. The van der Waals surface area contributed by atoms with Gasteiger partial charge < -0.3 is 10.1 Å². The third-order valence-corrected chi connectivity index (χ3v) is 5.17. The molecule has 1 amide bonds. The molecule has 0 aliphatic heterocycles. The van der Waals surface area contributed by atoms with E-state index in [4.69, 9.17) is 0 Å². The Morgan fingerprint density at radius 3 is 2.59 bits per heavy atom. The number of nitrogens with one attached hydrogen (secondary N) is 1. The Hall–Kier alpha value is -2.03. The summed E-state index contributed by atoms with van der Waals surface area (Å²) in [5.74, 6) is -0.404. The number of nitrogens with zero attached hydrogens (tertiary/aromatic N) is 2. The lowest BCUT2D eigenvalue weighted by atomic mass is 9.83. The molecule has 27 heavy (non-hydrogen) atoms. The number of carbonyl (C=O) groups excluding carboxylic acids is 1. The normalized spacial score (nSPS) is 20.3. The summed E-state index contributed by atoms with van der Waals surface area (Å²) in [6.07, 6.45) is 0.768. The van der Waals surface area contributed by atoms with Gasteiger partial charge in [-0.3, -0.25) is 9.48 Å². The van der Waals surface area contributed by atoms with Crippen molar-refractivity contribution in [1.82, 2.24) is 15.1 Å². The van der Waals surface area contributed by atoms with Crippen LogP contribution in [0.1, 0.15) is 47.7 Å². The van der Waals surface area contributed by atoms with Crippen LogP contribution in [0.25, 0.3) is 0 Å². The molecule has 2 aromatic rings. The van der Waals surface area contributed by atoms with Gasteiger partial charge in [-0.05, 0) is 59.5 Å². The monoisotopic (exact) mass is 445 g/mol. The van der Waals surface area contributed by atoms with Crippen molar-refractivity contribution in [2.75, 3.05) is 0 Å². The van der Waals surface area contributed by atoms with E-state index in [-0.39, 0.29) is 23.6 Å². The number of hydrogen-bond donors (Lipinski definition) is 1. The summed E-state index contributed by atoms with van der Waals surface area (Å²) in [5, 5.41) is 7.47. The molecule has 146 valence electrons. The van der Waals surface area contributed by atoms with Gasteiger partial charge in [-0.1, -0.05) is 6.42 Å². The maximum absolute atomic E-state index is 12.4. The molecule has 1 aromatic carbocycles. The van der Waals surface area contributed by atoms with E-state index in [2.05, 4.69) is 31.1 Å². The van der Waals surface area contributed by atoms with Gasteiger partial charge >= 0.3 is 6.36 Å². The van der Waals surface area contributed by atoms with Gasteiger partial charge in [0.1, 0.15) is 5.75 Å². The van der Waals surface area contributed by atoms with Crippen LogP contribution in [0, 0.1) is 0 Å². The molecule has 5 nitrogen and oxygen atoms in total. The summed E-state index contributed by atoms with van der Waals surface area (Å²) in [4.78, 5) is 12.4. The van der Waals surface area contributed by atoms with E-state index in [0.29, 0.717) is 5.56 Å². The highest BCUT2D eigenvalue weighted by atomic mass is 79.9. The molecule has 1 aromatic heterocycles. The van der Waals surface area contributed by atoms with Gasteiger partial charge in [0.2, 0.25) is 0 Å². The van der Waals surface area contributed by atoms with Crippen molar-refractivity contribution in [2.45, 2.75) is 44.0 Å². The average Bonchev–Trinajstić information content (AvgIpc) is 2.92. The first-order valence-corrected chi connectivity index (χ1v) is 9.36. The number of benzene rings is 1. The summed E-state index contributed by atoms with van der Waals surface area (Å²) in [7, 11) is 1.86. The standard InChI is InChI=1S/C18H19BrF3N3O2/c1-25-10-15(19)16(24-25)12-3-2-4-13(9-12)23-17(26)11-5-7-14(8-6-11)27-18(20,21)22/h5-8,10,12-13H,2-4,9H2,1H3,(H,23,26). The van der Waals surface area contributed by atoms with Crippen molar-refractivity contribution >= 4 is 21.8 Å². The maximum Gasteiger partial charge on any atom is 0.573 e. The number of amides is 1. The molecule has 2 unspecified atom stereocenters. The predicted molar refractivity (Wildman–Crippen MR) is 96.5 cm³/mol. The van der Waals surface area contributed by atoms with Crippen LogP contribution in [-0.2, 0) is 7.05 Å². The van der Waals surface area contributed by atoms with Crippen molar-refractivity contribution < 1.29 is 22.7 Å². The van der Waals surface area contributed by atoms with Crippen molar-refractivity contribution in [1.29, 1.82) is 0 Å². The Balaban J connectivity index is 1.61.